The summed E-state index contributed by atoms with van der Waals surface area (Å²) in [6.45, 7) is 6.00. The lowest BCUT2D eigenvalue weighted by atomic mass is 9.77. The highest BCUT2D eigenvalue weighted by atomic mass is 16.5. The van der Waals surface area contributed by atoms with Crippen LogP contribution in [-0.2, 0) is 14.3 Å². The highest BCUT2D eigenvalue weighted by Gasteiger charge is 2.48. The van der Waals surface area contributed by atoms with Gasteiger partial charge in [0.1, 0.15) is 5.84 Å². The van der Waals surface area contributed by atoms with Crippen molar-refractivity contribution in [2.24, 2.45) is 5.41 Å². The van der Waals surface area contributed by atoms with Gasteiger partial charge in [-0.1, -0.05) is 46.0 Å². The molecule has 1 rings (SSSR count). The third kappa shape index (κ3) is 7.60. The summed E-state index contributed by atoms with van der Waals surface area (Å²) in [7, 11) is 1.61. The van der Waals surface area contributed by atoms with Crippen LogP contribution < -0.4 is 5.32 Å². The summed E-state index contributed by atoms with van der Waals surface area (Å²) in [6, 6.07) is 0. The molecule has 0 atom stereocenters. The maximum Gasteiger partial charge on any atom is 0.234 e. The van der Waals surface area contributed by atoms with Crippen LogP contribution in [0.5, 0.6) is 0 Å². The van der Waals surface area contributed by atoms with E-state index in [1.165, 1.54) is 0 Å². The standard InChI is InChI=1S/C21H39N3O3/c1-4-6-12-21(13-7-5-2)17-18(22)24(20(21)26)15-10-8-9-11-19(25)23-14-16-27-3/h22H,4-17H2,1-3H3,(H,23,25). The molecule has 0 unspecified atom stereocenters. The number of unbranched alkanes of at least 4 members (excludes halogenated alkanes) is 4. The van der Waals surface area contributed by atoms with E-state index in [4.69, 9.17) is 10.1 Å². The first-order valence-corrected chi connectivity index (χ1v) is 10.7. The minimum atomic E-state index is -0.329. The molecule has 1 aliphatic rings. The van der Waals surface area contributed by atoms with Crippen molar-refractivity contribution in [1.82, 2.24) is 10.2 Å². The Labute approximate surface area is 164 Å². The Morgan fingerprint density at radius 2 is 1.81 bits per heavy atom. The van der Waals surface area contributed by atoms with Gasteiger partial charge in [-0.25, -0.2) is 0 Å². The SMILES string of the molecule is CCCCC1(CCCC)CC(=N)N(CCCCCC(=O)NCCOC)C1=O. The molecule has 1 fully saturated rings. The van der Waals surface area contributed by atoms with E-state index in [0.29, 0.717) is 38.4 Å². The Kier molecular flexibility index (Phi) is 11.3. The van der Waals surface area contributed by atoms with Crippen molar-refractivity contribution in [3.8, 4) is 0 Å². The minimum Gasteiger partial charge on any atom is -0.383 e. The van der Waals surface area contributed by atoms with E-state index in [0.717, 1.165) is 57.8 Å². The minimum absolute atomic E-state index is 0.0511. The molecular formula is C21H39N3O3. The number of hydrogen-bond acceptors (Lipinski definition) is 4. The molecule has 0 spiro atoms. The van der Waals surface area contributed by atoms with E-state index in [9.17, 15) is 9.59 Å². The lowest BCUT2D eigenvalue weighted by Crippen LogP contribution is -2.36. The molecule has 156 valence electrons. The van der Waals surface area contributed by atoms with E-state index < -0.39 is 0 Å². The summed E-state index contributed by atoms with van der Waals surface area (Å²) < 4.78 is 4.91. The molecule has 2 N–H and O–H groups in total. The van der Waals surface area contributed by atoms with Crippen LogP contribution in [0, 0.1) is 10.8 Å². The molecule has 27 heavy (non-hydrogen) atoms. The normalized spacial score (nSPS) is 16.2. The predicted octanol–water partition coefficient (Wildman–Crippen LogP) is 3.89. The number of nitrogens with one attached hydrogen (secondary N) is 2. The Morgan fingerprint density at radius 3 is 2.41 bits per heavy atom. The van der Waals surface area contributed by atoms with Gasteiger partial charge >= 0.3 is 0 Å². The number of methoxy groups -OCH3 is 1. The second-order valence-electron chi connectivity index (χ2n) is 7.72. The molecule has 0 bridgehead atoms. The fourth-order valence-electron chi connectivity index (χ4n) is 3.80. The van der Waals surface area contributed by atoms with E-state index in [1.807, 2.05) is 0 Å². The number of nitrogens with zero attached hydrogens (tertiary/aromatic N) is 1. The van der Waals surface area contributed by atoms with E-state index in [1.54, 1.807) is 12.0 Å². The van der Waals surface area contributed by atoms with Crippen LogP contribution in [0.4, 0.5) is 0 Å². The van der Waals surface area contributed by atoms with Crippen LogP contribution in [0.25, 0.3) is 0 Å². The zero-order chi connectivity index (χ0) is 20.1. The summed E-state index contributed by atoms with van der Waals surface area (Å²) in [5.41, 5.74) is -0.329. The number of likely N-dealkylation sites (tertiary alicyclic amines) is 1. The van der Waals surface area contributed by atoms with E-state index >= 15 is 0 Å². The summed E-state index contributed by atoms with van der Waals surface area (Å²) in [6.07, 6.45) is 9.74. The monoisotopic (exact) mass is 381 g/mol. The predicted molar refractivity (Wildman–Crippen MR) is 109 cm³/mol. The first kappa shape index (κ1) is 23.6. The lowest BCUT2D eigenvalue weighted by molar-refractivity contribution is -0.135. The van der Waals surface area contributed by atoms with Gasteiger partial charge in [0, 0.05) is 33.0 Å². The third-order valence-electron chi connectivity index (χ3n) is 5.46. The first-order valence-electron chi connectivity index (χ1n) is 10.7. The molecule has 0 saturated carbocycles. The number of amidine groups is 1. The number of amides is 2. The second-order valence-corrected chi connectivity index (χ2v) is 7.72. The van der Waals surface area contributed by atoms with Crippen LogP contribution in [0.15, 0.2) is 0 Å². The Hall–Kier alpha value is -1.43. The molecule has 0 radical (unpaired) electrons. The van der Waals surface area contributed by atoms with Crippen molar-refractivity contribution in [3.63, 3.8) is 0 Å². The molecule has 2 amide bonds. The van der Waals surface area contributed by atoms with Crippen molar-refractivity contribution < 1.29 is 14.3 Å². The fraction of sp³-hybridized carbons (Fsp3) is 0.857. The van der Waals surface area contributed by atoms with Gasteiger partial charge < -0.3 is 15.0 Å². The largest absolute Gasteiger partial charge is 0.383 e. The Balaban J connectivity index is 2.40. The quantitative estimate of drug-likeness (QED) is 0.422. The molecule has 0 aromatic carbocycles. The number of rotatable bonds is 15. The van der Waals surface area contributed by atoms with Crippen molar-refractivity contribution in [2.75, 3.05) is 26.8 Å². The third-order valence-corrected chi connectivity index (χ3v) is 5.46. The average Bonchev–Trinajstić information content (AvgIpc) is 2.89. The number of ether oxygens (including phenoxy) is 1. The van der Waals surface area contributed by atoms with Gasteiger partial charge in [0.05, 0.1) is 12.0 Å². The number of hydrogen-bond donors (Lipinski definition) is 2. The zero-order valence-electron chi connectivity index (χ0n) is 17.6. The average molecular weight is 382 g/mol. The molecule has 1 saturated heterocycles. The highest BCUT2D eigenvalue weighted by molar-refractivity contribution is 6.07. The molecular weight excluding hydrogens is 342 g/mol. The molecule has 0 aromatic heterocycles. The van der Waals surface area contributed by atoms with Gasteiger partial charge in [0.25, 0.3) is 0 Å². The van der Waals surface area contributed by atoms with Crippen molar-refractivity contribution in [1.29, 1.82) is 5.41 Å². The molecule has 6 heteroatoms. The molecule has 0 aromatic rings. The topological polar surface area (TPSA) is 82.5 Å². The summed E-state index contributed by atoms with van der Waals surface area (Å²) >= 11 is 0. The van der Waals surface area contributed by atoms with Crippen molar-refractivity contribution >= 4 is 17.6 Å². The van der Waals surface area contributed by atoms with Crippen molar-refractivity contribution in [3.05, 3.63) is 0 Å². The van der Waals surface area contributed by atoms with Crippen LogP contribution >= 0.6 is 0 Å². The van der Waals surface area contributed by atoms with Gasteiger partial charge in [0.2, 0.25) is 11.8 Å². The first-order chi connectivity index (χ1) is 13.0. The maximum atomic E-state index is 13.1. The summed E-state index contributed by atoms with van der Waals surface area (Å²) in [4.78, 5) is 26.5. The van der Waals surface area contributed by atoms with Crippen LogP contribution in [0.3, 0.4) is 0 Å². The number of carbonyl (C=O) groups is 2. The van der Waals surface area contributed by atoms with Gasteiger partial charge in [-0.05, 0) is 25.7 Å². The highest BCUT2D eigenvalue weighted by Crippen LogP contribution is 2.42. The number of carbonyl (C=O) groups excluding carboxylic acids is 2. The lowest BCUT2D eigenvalue weighted by Gasteiger charge is -2.27. The smallest absolute Gasteiger partial charge is 0.234 e. The van der Waals surface area contributed by atoms with Crippen LogP contribution in [0.1, 0.15) is 84.5 Å². The molecule has 6 nitrogen and oxygen atoms in total. The van der Waals surface area contributed by atoms with E-state index in [2.05, 4.69) is 19.2 Å². The zero-order valence-corrected chi connectivity index (χ0v) is 17.6. The van der Waals surface area contributed by atoms with Crippen LogP contribution in [0.2, 0.25) is 0 Å². The summed E-state index contributed by atoms with van der Waals surface area (Å²) in [5, 5.41) is 11.2. The summed E-state index contributed by atoms with van der Waals surface area (Å²) in [5.74, 6) is 0.714. The molecule has 0 aliphatic carbocycles. The molecule has 1 heterocycles. The van der Waals surface area contributed by atoms with Gasteiger partial charge in [-0.15, -0.1) is 0 Å². The fourth-order valence-corrected chi connectivity index (χ4v) is 3.80. The maximum absolute atomic E-state index is 13.1. The van der Waals surface area contributed by atoms with Crippen LogP contribution in [-0.4, -0.2) is 49.4 Å². The van der Waals surface area contributed by atoms with Crippen molar-refractivity contribution in [2.45, 2.75) is 84.5 Å². The van der Waals surface area contributed by atoms with E-state index in [-0.39, 0.29) is 17.2 Å². The molecule has 1 aliphatic heterocycles. The Morgan fingerprint density at radius 1 is 1.15 bits per heavy atom. The van der Waals surface area contributed by atoms with Gasteiger partial charge in [-0.3, -0.25) is 15.0 Å². The van der Waals surface area contributed by atoms with Gasteiger partial charge in [-0.2, -0.15) is 0 Å². The second kappa shape index (κ2) is 12.9. The van der Waals surface area contributed by atoms with Gasteiger partial charge in [0.15, 0.2) is 0 Å². The Bertz CT molecular complexity index is 471.